The summed E-state index contributed by atoms with van der Waals surface area (Å²) in [6, 6.07) is 9.24. The molecule has 0 spiro atoms. The van der Waals surface area contributed by atoms with E-state index in [4.69, 9.17) is 4.74 Å². The van der Waals surface area contributed by atoms with E-state index < -0.39 is 23.0 Å². The monoisotopic (exact) mass is 339 g/mol. The molecule has 0 saturated heterocycles. The molecule has 1 rings (SSSR count). The van der Waals surface area contributed by atoms with Crippen molar-refractivity contribution in [3.63, 3.8) is 0 Å². The Hall–Kier alpha value is -1.69. The minimum absolute atomic E-state index is 0.0963. The van der Waals surface area contributed by atoms with E-state index >= 15 is 0 Å². The Morgan fingerprint density at radius 1 is 1.22 bits per heavy atom. The number of carbonyl (C=O) groups excluding carboxylic acids is 1. The smallest absolute Gasteiger partial charge is 0.408 e. The van der Waals surface area contributed by atoms with Gasteiger partial charge in [-0.3, -0.25) is 0 Å². The Morgan fingerprint density at radius 3 is 2.30 bits per heavy atom. The van der Waals surface area contributed by atoms with Crippen molar-refractivity contribution in [3.05, 3.63) is 35.9 Å². The summed E-state index contributed by atoms with van der Waals surface area (Å²) >= 11 is 4.14. The first-order valence-corrected chi connectivity index (χ1v) is 8.19. The van der Waals surface area contributed by atoms with Gasteiger partial charge in [0.25, 0.3) is 0 Å². The molecule has 0 aliphatic carbocycles. The van der Waals surface area contributed by atoms with Crippen molar-refractivity contribution >= 4 is 24.7 Å². The lowest BCUT2D eigenvalue weighted by molar-refractivity contribution is -0.150. The normalized spacial score (nSPS) is 13.9. The van der Waals surface area contributed by atoms with Gasteiger partial charge in [0.05, 0.1) is 0 Å². The first-order chi connectivity index (χ1) is 10.7. The molecule has 1 atom stereocenters. The average Bonchev–Trinajstić information content (AvgIpc) is 2.49. The number of carboxylic acid groups (broad SMARTS) is 1. The van der Waals surface area contributed by atoms with E-state index in [0.717, 1.165) is 5.56 Å². The van der Waals surface area contributed by atoms with Crippen LogP contribution in [0, 0.1) is 5.41 Å². The standard InChI is InChI=1S/C17H25NO4S/c1-16(2,3)17(14(19)20,10-7-11-23)18-15(21)22-12-13-8-5-4-6-9-13/h4-6,8-9,23H,7,10-12H2,1-3H3,(H,18,21)(H,19,20)/t17-/m1/s1. The zero-order valence-corrected chi connectivity index (χ0v) is 14.7. The molecule has 1 amide bonds. The number of nitrogens with one attached hydrogen (secondary N) is 1. The Morgan fingerprint density at radius 2 is 1.83 bits per heavy atom. The minimum atomic E-state index is -1.40. The molecule has 0 fully saturated rings. The van der Waals surface area contributed by atoms with Gasteiger partial charge in [0.1, 0.15) is 12.1 Å². The zero-order valence-electron chi connectivity index (χ0n) is 13.8. The summed E-state index contributed by atoms with van der Waals surface area (Å²) in [5.41, 5.74) is -1.23. The number of carbonyl (C=O) groups is 2. The Kier molecular flexibility index (Phi) is 6.94. The molecule has 0 aliphatic rings. The molecule has 2 N–H and O–H groups in total. The second-order valence-corrected chi connectivity index (χ2v) is 6.92. The molecular formula is C17H25NO4S. The van der Waals surface area contributed by atoms with Crippen LogP contribution in [-0.2, 0) is 16.1 Å². The Bertz CT molecular complexity index is 527. The topological polar surface area (TPSA) is 75.6 Å². The third-order valence-electron chi connectivity index (χ3n) is 3.88. The number of ether oxygens (including phenoxy) is 1. The number of amides is 1. The van der Waals surface area contributed by atoms with Crippen LogP contribution < -0.4 is 5.32 Å². The van der Waals surface area contributed by atoms with E-state index in [-0.39, 0.29) is 13.0 Å². The fraction of sp³-hybridized carbons (Fsp3) is 0.529. The van der Waals surface area contributed by atoms with Gasteiger partial charge in [0.2, 0.25) is 0 Å². The summed E-state index contributed by atoms with van der Waals surface area (Å²) in [7, 11) is 0. The van der Waals surface area contributed by atoms with E-state index in [9.17, 15) is 14.7 Å². The molecule has 0 radical (unpaired) electrons. The van der Waals surface area contributed by atoms with Crippen LogP contribution in [0.3, 0.4) is 0 Å². The van der Waals surface area contributed by atoms with Gasteiger partial charge in [-0.2, -0.15) is 12.6 Å². The number of carboxylic acids is 1. The largest absolute Gasteiger partial charge is 0.479 e. The number of hydrogen-bond donors (Lipinski definition) is 3. The highest BCUT2D eigenvalue weighted by Crippen LogP contribution is 2.35. The van der Waals surface area contributed by atoms with E-state index in [0.29, 0.717) is 12.2 Å². The summed E-state index contributed by atoms with van der Waals surface area (Å²) in [5.74, 6) is -0.519. The lowest BCUT2D eigenvalue weighted by Gasteiger charge is -2.41. The maximum absolute atomic E-state index is 12.1. The van der Waals surface area contributed by atoms with E-state index in [2.05, 4.69) is 17.9 Å². The van der Waals surface area contributed by atoms with Crippen LogP contribution in [0.4, 0.5) is 4.79 Å². The van der Waals surface area contributed by atoms with Crippen molar-refractivity contribution in [3.8, 4) is 0 Å². The Labute approximate surface area is 142 Å². The van der Waals surface area contributed by atoms with E-state index in [1.165, 1.54) is 0 Å². The molecule has 0 bridgehead atoms. The predicted molar refractivity (Wildman–Crippen MR) is 92.7 cm³/mol. The highest BCUT2D eigenvalue weighted by Gasteiger charge is 2.49. The maximum atomic E-state index is 12.1. The van der Waals surface area contributed by atoms with Gasteiger partial charge in [-0.15, -0.1) is 0 Å². The minimum Gasteiger partial charge on any atom is -0.479 e. The molecular weight excluding hydrogens is 314 g/mol. The molecule has 0 aromatic heterocycles. The van der Waals surface area contributed by atoms with Gasteiger partial charge >= 0.3 is 12.1 Å². The van der Waals surface area contributed by atoms with Crippen LogP contribution in [0.5, 0.6) is 0 Å². The van der Waals surface area contributed by atoms with Gasteiger partial charge in [0.15, 0.2) is 0 Å². The summed E-state index contributed by atoms with van der Waals surface area (Å²) in [4.78, 5) is 24.0. The van der Waals surface area contributed by atoms with Crippen LogP contribution in [0.25, 0.3) is 0 Å². The predicted octanol–water partition coefficient (Wildman–Crippen LogP) is 3.49. The number of rotatable bonds is 7. The molecule has 0 heterocycles. The van der Waals surface area contributed by atoms with Crippen molar-refractivity contribution in [1.82, 2.24) is 5.32 Å². The SMILES string of the molecule is CC(C)(C)[C@](CCCS)(NC(=O)OCc1ccccc1)C(=O)O. The molecule has 1 aromatic carbocycles. The Balaban J connectivity index is 2.83. The molecule has 6 heteroatoms. The molecule has 23 heavy (non-hydrogen) atoms. The number of thiol groups is 1. The molecule has 128 valence electrons. The van der Waals surface area contributed by atoms with Crippen molar-refractivity contribution in [2.75, 3.05) is 5.75 Å². The second-order valence-electron chi connectivity index (χ2n) is 6.47. The maximum Gasteiger partial charge on any atom is 0.408 e. The second kappa shape index (κ2) is 8.24. The molecule has 0 unspecified atom stereocenters. The first-order valence-electron chi connectivity index (χ1n) is 7.56. The fourth-order valence-electron chi connectivity index (χ4n) is 2.38. The number of benzene rings is 1. The summed E-state index contributed by atoms with van der Waals surface area (Å²) < 4.78 is 5.18. The summed E-state index contributed by atoms with van der Waals surface area (Å²) in [6.45, 7) is 5.46. The lowest BCUT2D eigenvalue weighted by Crippen LogP contribution is -2.62. The number of aliphatic carboxylic acids is 1. The third kappa shape index (κ3) is 5.16. The van der Waals surface area contributed by atoms with Crippen molar-refractivity contribution in [2.24, 2.45) is 5.41 Å². The van der Waals surface area contributed by atoms with Crippen molar-refractivity contribution in [2.45, 2.75) is 45.8 Å². The van der Waals surface area contributed by atoms with Crippen molar-refractivity contribution in [1.29, 1.82) is 0 Å². The van der Waals surface area contributed by atoms with Crippen molar-refractivity contribution < 1.29 is 19.4 Å². The van der Waals surface area contributed by atoms with Crippen LogP contribution in [-0.4, -0.2) is 28.5 Å². The molecule has 1 aromatic rings. The van der Waals surface area contributed by atoms with Gasteiger partial charge in [0, 0.05) is 0 Å². The zero-order chi connectivity index (χ0) is 17.5. The van der Waals surface area contributed by atoms with Crippen LogP contribution in [0.2, 0.25) is 0 Å². The number of hydrogen-bond acceptors (Lipinski definition) is 4. The third-order valence-corrected chi connectivity index (χ3v) is 4.20. The van der Waals surface area contributed by atoms with Gasteiger partial charge in [-0.25, -0.2) is 9.59 Å². The number of alkyl carbamates (subject to hydrolysis) is 1. The van der Waals surface area contributed by atoms with Gasteiger partial charge in [-0.1, -0.05) is 51.1 Å². The highest BCUT2D eigenvalue weighted by atomic mass is 32.1. The van der Waals surface area contributed by atoms with E-state index in [1.54, 1.807) is 20.8 Å². The quantitative estimate of drug-likeness (QED) is 0.665. The average molecular weight is 339 g/mol. The fourth-order valence-corrected chi connectivity index (χ4v) is 2.54. The van der Waals surface area contributed by atoms with Gasteiger partial charge in [-0.05, 0) is 29.6 Å². The van der Waals surface area contributed by atoms with Crippen LogP contribution in [0.1, 0.15) is 39.2 Å². The summed E-state index contributed by atoms with van der Waals surface area (Å²) in [6.07, 6.45) is 0.131. The first kappa shape index (κ1) is 19.4. The molecule has 0 saturated carbocycles. The van der Waals surface area contributed by atoms with Crippen LogP contribution >= 0.6 is 12.6 Å². The van der Waals surface area contributed by atoms with Gasteiger partial charge < -0.3 is 15.2 Å². The highest BCUT2D eigenvalue weighted by molar-refractivity contribution is 7.80. The molecule has 5 nitrogen and oxygen atoms in total. The summed E-state index contributed by atoms with van der Waals surface area (Å²) in [5, 5.41) is 12.3. The van der Waals surface area contributed by atoms with E-state index in [1.807, 2.05) is 30.3 Å². The lowest BCUT2D eigenvalue weighted by atomic mass is 9.71. The molecule has 0 aliphatic heterocycles. The van der Waals surface area contributed by atoms with Crippen LogP contribution in [0.15, 0.2) is 30.3 Å².